The summed E-state index contributed by atoms with van der Waals surface area (Å²) in [7, 11) is 1.60. The van der Waals surface area contributed by atoms with E-state index in [4.69, 9.17) is 4.74 Å². The Morgan fingerprint density at radius 2 is 1.92 bits per heavy atom. The molecule has 5 heteroatoms. The van der Waals surface area contributed by atoms with E-state index in [2.05, 4.69) is 17.0 Å². The summed E-state index contributed by atoms with van der Waals surface area (Å²) in [4.78, 5) is 12.6. The van der Waals surface area contributed by atoms with Crippen LogP contribution in [0.1, 0.15) is 10.4 Å². The Morgan fingerprint density at radius 1 is 1.20 bits per heavy atom. The molecule has 1 amide bonds. The molecular formula is C20H19N3O2. The minimum absolute atomic E-state index is 0.206. The molecule has 0 bridgehead atoms. The van der Waals surface area contributed by atoms with Crippen molar-refractivity contribution < 1.29 is 9.53 Å². The van der Waals surface area contributed by atoms with Gasteiger partial charge in [-0.05, 0) is 24.3 Å². The van der Waals surface area contributed by atoms with Gasteiger partial charge in [0.15, 0.2) is 0 Å². The Balaban J connectivity index is 2.13. The van der Waals surface area contributed by atoms with E-state index in [1.807, 2.05) is 54.6 Å². The maximum atomic E-state index is 12.6. The van der Waals surface area contributed by atoms with Gasteiger partial charge in [-0.25, -0.2) is 4.68 Å². The van der Waals surface area contributed by atoms with Gasteiger partial charge in [0.25, 0.3) is 5.91 Å². The van der Waals surface area contributed by atoms with Crippen LogP contribution in [0, 0.1) is 0 Å². The SMILES string of the molecule is C=CCNC(=O)c1cn(-c2ccccc2)nc1-c1ccccc1OC. The average molecular weight is 333 g/mol. The molecule has 126 valence electrons. The minimum Gasteiger partial charge on any atom is -0.496 e. The van der Waals surface area contributed by atoms with Gasteiger partial charge in [0, 0.05) is 18.3 Å². The van der Waals surface area contributed by atoms with E-state index >= 15 is 0 Å². The Kier molecular flexibility index (Phi) is 4.95. The third-order valence-electron chi connectivity index (χ3n) is 3.75. The molecule has 5 nitrogen and oxygen atoms in total. The van der Waals surface area contributed by atoms with Gasteiger partial charge < -0.3 is 10.1 Å². The molecule has 1 aromatic heterocycles. The molecule has 0 atom stereocenters. The predicted molar refractivity (Wildman–Crippen MR) is 98.1 cm³/mol. The highest BCUT2D eigenvalue weighted by molar-refractivity contribution is 6.00. The standard InChI is InChI=1S/C20H19N3O2/c1-3-13-21-20(24)17-14-23(15-9-5-4-6-10-15)22-19(17)16-11-7-8-12-18(16)25-2/h3-12,14H,1,13H2,2H3,(H,21,24). The molecule has 0 aliphatic rings. The fourth-order valence-corrected chi connectivity index (χ4v) is 2.55. The second-order valence-corrected chi connectivity index (χ2v) is 5.37. The third kappa shape index (κ3) is 3.45. The van der Waals surface area contributed by atoms with Crippen molar-refractivity contribution in [2.24, 2.45) is 0 Å². The number of carbonyl (C=O) groups is 1. The first-order valence-corrected chi connectivity index (χ1v) is 7.92. The van der Waals surface area contributed by atoms with Crippen LogP contribution in [0.2, 0.25) is 0 Å². The van der Waals surface area contributed by atoms with Gasteiger partial charge in [0.1, 0.15) is 11.4 Å². The number of ether oxygens (including phenoxy) is 1. The number of amides is 1. The molecule has 0 radical (unpaired) electrons. The highest BCUT2D eigenvalue weighted by Gasteiger charge is 2.20. The van der Waals surface area contributed by atoms with Crippen molar-refractivity contribution in [3.05, 3.63) is 79.0 Å². The quantitative estimate of drug-likeness (QED) is 0.703. The first-order chi connectivity index (χ1) is 12.2. The summed E-state index contributed by atoms with van der Waals surface area (Å²) in [6.07, 6.45) is 3.37. The maximum absolute atomic E-state index is 12.6. The van der Waals surface area contributed by atoms with E-state index in [0.717, 1.165) is 11.3 Å². The zero-order chi connectivity index (χ0) is 17.6. The Hall–Kier alpha value is -3.34. The first kappa shape index (κ1) is 16.5. The van der Waals surface area contributed by atoms with Crippen molar-refractivity contribution in [2.75, 3.05) is 13.7 Å². The Morgan fingerprint density at radius 3 is 2.64 bits per heavy atom. The van der Waals surface area contributed by atoms with E-state index in [1.54, 1.807) is 24.1 Å². The van der Waals surface area contributed by atoms with E-state index in [1.165, 1.54) is 0 Å². The number of para-hydroxylation sites is 2. The molecule has 0 aliphatic heterocycles. The van der Waals surface area contributed by atoms with Crippen LogP contribution >= 0.6 is 0 Å². The molecule has 3 rings (SSSR count). The van der Waals surface area contributed by atoms with Gasteiger partial charge in [-0.3, -0.25) is 4.79 Å². The summed E-state index contributed by atoms with van der Waals surface area (Å²) in [6, 6.07) is 17.2. The maximum Gasteiger partial charge on any atom is 0.255 e. The van der Waals surface area contributed by atoms with Crippen LogP contribution in [0.15, 0.2) is 73.4 Å². The molecule has 0 aliphatic carbocycles. The van der Waals surface area contributed by atoms with Crippen LogP contribution < -0.4 is 10.1 Å². The molecule has 0 unspecified atom stereocenters. The number of nitrogens with zero attached hydrogens (tertiary/aromatic N) is 2. The van der Waals surface area contributed by atoms with Gasteiger partial charge in [-0.2, -0.15) is 5.10 Å². The van der Waals surface area contributed by atoms with Crippen molar-refractivity contribution in [1.29, 1.82) is 0 Å². The summed E-state index contributed by atoms with van der Waals surface area (Å²) < 4.78 is 7.13. The number of benzene rings is 2. The number of hydrogen-bond donors (Lipinski definition) is 1. The highest BCUT2D eigenvalue weighted by atomic mass is 16.5. The molecule has 1 N–H and O–H groups in total. The molecule has 3 aromatic rings. The zero-order valence-corrected chi connectivity index (χ0v) is 14.0. The lowest BCUT2D eigenvalue weighted by atomic mass is 10.1. The topological polar surface area (TPSA) is 56.2 Å². The molecule has 25 heavy (non-hydrogen) atoms. The predicted octanol–water partition coefficient (Wildman–Crippen LogP) is 3.46. The summed E-state index contributed by atoms with van der Waals surface area (Å²) in [6.45, 7) is 4.02. The van der Waals surface area contributed by atoms with Crippen LogP contribution in [0.25, 0.3) is 16.9 Å². The van der Waals surface area contributed by atoms with Crippen LogP contribution in [-0.2, 0) is 0 Å². The number of hydrogen-bond acceptors (Lipinski definition) is 3. The average Bonchev–Trinajstić information content (AvgIpc) is 3.12. The summed E-state index contributed by atoms with van der Waals surface area (Å²) in [5.74, 6) is 0.460. The van der Waals surface area contributed by atoms with Crippen LogP contribution in [0.4, 0.5) is 0 Å². The van der Waals surface area contributed by atoms with Crippen molar-refractivity contribution in [2.45, 2.75) is 0 Å². The van der Waals surface area contributed by atoms with E-state index in [9.17, 15) is 4.79 Å². The van der Waals surface area contributed by atoms with Crippen molar-refractivity contribution >= 4 is 5.91 Å². The van der Waals surface area contributed by atoms with E-state index in [0.29, 0.717) is 23.6 Å². The fraction of sp³-hybridized carbons (Fsp3) is 0.100. The third-order valence-corrected chi connectivity index (χ3v) is 3.75. The second kappa shape index (κ2) is 7.49. The number of carbonyl (C=O) groups excluding carboxylic acids is 1. The van der Waals surface area contributed by atoms with E-state index in [-0.39, 0.29) is 5.91 Å². The lowest BCUT2D eigenvalue weighted by molar-refractivity contribution is 0.0958. The number of aromatic nitrogens is 2. The smallest absolute Gasteiger partial charge is 0.255 e. The van der Waals surface area contributed by atoms with Crippen molar-refractivity contribution in [1.82, 2.24) is 15.1 Å². The molecule has 0 spiro atoms. The second-order valence-electron chi connectivity index (χ2n) is 5.37. The monoisotopic (exact) mass is 333 g/mol. The zero-order valence-electron chi connectivity index (χ0n) is 14.0. The van der Waals surface area contributed by atoms with Crippen molar-refractivity contribution in [3.63, 3.8) is 0 Å². The number of rotatable bonds is 6. The first-order valence-electron chi connectivity index (χ1n) is 7.92. The largest absolute Gasteiger partial charge is 0.496 e. The molecule has 0 saturated carbocycles. The van der Waals surface area contributed by atoms with E-state index < -0.39 is 0 Å². The number of methoxy groups -OCH3 is 1. The van der Waals surface area contributed by atoms with Gasteiger partial charge >= 0.3 is 0 Å². The molecule has 1 heterocycles. The normalized spacial score (nSPS) is 10.3. The van der Waals surface area contributed by atoms with Crippen LogP contribution in [-0.4, -0.2) is 29.3 Å². The Bertz CT molecular complexity index is 885. The minimum atomic E-state index is -0.206. The summed E-state index contributed by atoms with van der Waals surface area (Å²) in [5, 5.41) is 7.45. The van der Waals surface area contributed by atoms with Gasteiger partial charge in [0.2, 0.25) is 0 Å². The van der Waals surface area contributed by atoms with Crippen LogP contribution in [0.5, 0.6) is 5.75 Å². The lowest BCUT2D eigenvalue weighted by Gasteiger charge is -2.07. The molecule has 0 fully saturated rings. The van der Waals surface area contributed by atoms with Gasteiger partial charge in [-0.15, -0.1) is 6.58 Å². The van der Waals surface area contributed by atoms with Crippen molar-refractivity contribution in [3.8, 4) is 22.7 Å². The highest BCUT2D eigenvalue weighted by Crippen LogP contribution is 2.31. The van der Waals surface area contributed by atoms with Gasteiger partial charge in [-0.1, -0.05) is 36.4 Å². The number of nitrogens with one attached hydrogen (secondary N) is 1. The van der Waals surface area contributed by atoms with Gasteiger partial charge in [0.05, 0.1) is 18.4 Å². The summed E-state index contributed by atoms with van der Waals surface area (Å²) >= 11 is 0. The molecule has 0 saturated heterocycles. The summed E-state index contributed by atoms with van der Waals surface area (Å²) in [5.41, 5.74) is 2.70. The van der Waals surface area contributed by atoms with Crippen LogP contribution in [0.3, 0.4) is 0 Å². The Labute approximate surface area is 146 Å². The lowest BCUT2D eigenvalue weighted by Crippen LogP contribution is -2.23. The molecular weight excluding hydrogens is 314 g/mol. The fourth-order valence-electron chi connectivity index (χ4n) is 2.55. The molecule has 2 aromatic carbocycles.